The Morgan fingerprint density at radius 3 is 2.72 bits per heavy atom. The van der Waals surface area contributed by atoms with Crippen LogP contribution in [0.15, 0.2) is 6.33 Å². The molecule has 1 rings (SSSR count). The van der Waals surface area contributed by atoms with E-state index >= 15 is 0 Å². The molecule has 0 spiro atoms. The van der Waals surface area contributed by atoms with Gasteiger partial charge >= 0.3 is 0 Å². The molecule has 1 aromatic rings. The summed E-state index contributed by atoms with van der Waals surface area (Å²) in [5.74, 6) is 1.32. The monoisotopic (exact) mass is 254 g/mol. The molecule has 0 fully saturated rings. The zero-order valence-electron chi connectivity index (χ0n) is 11.2. The molecule has 0 radical (unpaired) electrons. The van der Waals surface area contributed by atoms with Crippen molar-refractivity contribution in [1.29, 1.82) is 0 Å². The highest BCUT2D eigenvalue weighted by Gasteiger charge is 2.11. The Bertz CT molecular complexity index is 371. The van der Waals surface area contributed by atoms with Gasteiger partial charge in [-0.2, -0.15) is 4.98 Å². The summed E-state index contributed by atoms with van der Waals surface area (Å²) < 4.78 is 5.48. The molecule has 6 nitrogen and oxygen atoms in total. The van der Waals surface area contributed by atoms with Gasteiger partial charge in [0.25, 0.3) is 0 Å². The Morgan fingerprint density at radius 2 is 2.11 bits per heavy atom. The highest BCUT2D eigenvalue weighted by molar-refractivity contribution is 5.66. The van der Waals surface area contributed by atoms with Gasteiger partial charge in [0.2, 0.25) is 5.88 Å². The van der Waals surface area contributed by atoms with E-state index in [4.69, 9.17) is 15.6 Å². The Labute approximate surface area is 108 Å². The van der Waals surface area contributed by atoms with Crippen LogP contribution in [0.5, 0.6) is 5.88 Å². The molecule has 1 aromatic heterocycles. The summed E-state index contributed by atoms with van der Waals surface area (Å²) in [6, 6.07) is 0. The van der Waals surface area contributed by atoms with Crippen LogP contribution in [-0.2, 0) is 0 Å². The van der Waals surface area contributed by atoms with Crippen LogP contribution in [0.2, 0.25) is 0 Å². The molecule has 0 aromatic carbocycles. The Morgan fingerprint density at radius 1 is 1.39 bits per heavy atom. The van der Waals surface area contributed by atoms with Gasteiger partial charge in [0.05, 0.1) is 6.10 Å². The maximum absolute atomic E-state index is 8.83. The summed E-state index contributed by atoms with van der Waals surface area (Å²) in [4.78, 5) is 8.09. The summed E-state index contributed by atoms with van der Waals surface area (Å²) in [5, 5.41) is 12.0. The smallest absolute Gasteiger partial charge is 0.242 e. The molecule has 1 atom stereocenters. The number of rotatable bonds is 7. The summed E-state index contributed by atoms with van der Waals surface area (Å²) in [6.45, 7) is 6.76. The lowest BCUT2D eigenvalue weighted by molar-refractivity contribution is 0.234. The van der Waals surface area contributed by atoms with E-state index in [-0.39, 0.29) is 12.7 Å². The minimum absolute atomic E-state index is 0.0170. The van der Waals surface area contributed by atoms with E-state index in [1.807, 2.05) is 20.8 Å². The van der Waals surface area contributed by atoms with Crippen LogP contribution in [0.4, 0.5) is 11.5 Å². The highest BCUT2D eigenvalue weighted by atomic mass is 16.5. The number of aliphatic hydroxyl groups excluding tert-OH is 1. The zero-order valence-corrected chi connectivity index (χ0v) is 11.2. The van der Waals surface area contributed by atoms with E-state index in [9.17, 15) is 0 Å². The van der Waals surface area contributed by atoms with Crippen LogP contribution in [0.3, 0.4) is 0 Å². The summed E-state index contributed by atoms with van der Waals surface area (Å²) in [7, 11) is 0. The second-order valence-electron chi connectivity index (χ2n) is 4.61. The third-order valence-corrected chi connectivity index (χ3v) is 2.43. The predicted molar refractivity (Wildman–Crippen MR) is 71.6 cm³/mol. The largest absolute Gasteiger partial charge is 0.473 e. The fourth-order valence-corrected chi connectivity index (χ4v) is 1.43. The van der Waals surface area contributed by atoms with Gasteiger partial charge in [0.15, 0.2) is 5.82 Å². The number of aromatic nitrogens is 2. The van der Waals surface area contributed by atoms with Crippen molar-refractivity contribution in [3.63, 3.8) is 0 Å². The van der Waals surface area contributed by atoms with Gasteiger partial charge in [-0.3, -0.25) is 0 Å². The predicted octanol–water partition coefficient (Wildman–Crippen LogP) is 1.28. The minimum atomic E-state index is 0.0170. The molecule has 0 saturated carbocycles. The number of aliphatic hydroxyl groups is 1. The molecule has 1 heterocycles. The molecule has 0 aliphatic heterocycles. The van der Waals surface area contributed by atoms with E-state index < -0.39 is 0 Å². The normalized spacial score (nSPS) is 12.5. The van der Waals surface area contributed by atoms with Crippen LogP contribution in [0, 0.1) is 5.92 Å². The number of nitrogen functional groups attached to an aromatic ring is 1. The minimum Gasteiger partial charge on any atom is -0.473 e. The molecule has 0 saturated heterocycles. The number of hydrogen-bond acceptors (Lipinski definition) is 6. The zero-order chi connectivity index (χ0) is 13.5. The number of hydrogen-bond donors (Lipinski definition) is 3. The molecule has 0 aliphatic rings. The van der Waals surface area contributed by atoms with Crippen molar-refractivity contribution in [1.82, 2.24) is 9.97 Å². The van der Waals surface area contributed by atoms with Gasteiger partial charge < -0.3 is 20.9 Å². The van der Waals surface area contributed by atoms with Crippen molar-refractivity contribution in [2.45, 2.75) is 33.3 Å². The maximum atomic E-state index is 8.83. The quantitative estimate of drug-likeness (QED) is 0.678. The summed E-state index contributed by atoms with van der Waals surface area (Å²) in [6.07, 6.45) is 2.18. The van der Waals surface area contributed by atoms with Crippen LogP contribution >= 0.6 is 0 Å². The summed E-state index contributed by atoms with van der Waals surface area (Å²) in [5.41, 5.74) is 6.35. The van der Waals surface area contributed by atoms with E-state index in [2.05, 4.69) is 15.3 Å². The standard InChI is InChI=1S/C12H22N4O2/c1-8(2)18-12-10(13)11(15-7-16-12)14-6-9(3)4-5-17/h7-9,17H,4-6,13H2,1-3H3,(H,14,15,16). The Balaban J connectivity index is 2.65. The number of anilines is 2. The van der Waals surface area contributed by atoms with E-state index in [0.29, 0.717) is 29.8 Å². The molecule has 102 valence electrons. The van der Waals surface area contributed by atoms with Crippen LogP contribution in [-0.4, -0.2) is 34.3 Å². The lowest BCUT2D eigenvalue weighted by atomic mass is 10.1. The molecule has 4 N–H and O–H groups in total. The Kier molecular flexibility index (Phi) is 5.64. The van der Waals surface area contributed by atoms with Crippen LogP contribution < -0.4 is 15.8 Å². The molecule has 6 heteroatoms. The topological polar surface area (TPSA) is 93.3 Å². The van der Waals surface area contributed by atoms with Gasteiger partial charge in [-0.1, -0.05) is 6.92 Å². The Hall–Kier alpha value is -1.56. The fourth-order valence-electron chi connectivity index (χ4n) is 1.43. The first-order valence-corrected chi connectivity index (χ1v) is 6.16. The number of nitrogens with zero attached hydrogens (tertiary/aromatic N) is 2. The first-order valence-electron chi connectivity index (χ1n) is 6.16. The summed E-state index contributed by atoms with van der Waals surface area (Å²) >= 11 is 0. The van der Waals surface area contributed by atoms with Crippen LogP contribution in [0.25, 0.3) is 0 Å². The average molecular weight is 254 g/mol. The third kappa shape index (κ3) is 4.37. The van der Waals surface area contributed by atoms with Gasteiger partial charge in [0.1, 0.15) is 12.0 Å². The van der Waals surface area contributed by atoms with E-state index in [1.165, 1.54) is 6.33 Å². The lowest BCUT2D eigenvalue weighted by Gasteiger charge is -2.15. The molecule has 18 heavy (non-hydrogen) atoms. The molecule has 0 aliphatic carbocycles. The van der Waals surface area contributed by atoms with Crippen molar-refractivity contribution >= 4 is 11.5 Å². The molecule has 0 amide bonds. The number of nitrogens with two attached hydrogens (primary N) is 1. The second kappa shape index (κ2) is 7.00. The van der Waals surface area contributed by atoms with Crippen molar-refractivity contribution in [3.8, 4) is 5.88 Å². The van der Waals surface area contributed by atoms with Crippen LogP contribution in [0.1, 0.15) is 27.2 Å². The third-order valence-electron chi connectivity index (χ3n) is 2.43. The second-order valence-corrected chi connectivity index (χ2v) is 4.61. The highest BCUT2D eigenvalue weighted by Crippen LogP contribution is 2.25. The lowest BCUT2D eigenvalue weighted by Crippen LogP contribution is -2.16. The first kappa shape index (κ1) is 14.5. The van der Waals surface area contributed by atoms with Crippen molar-refractivity contribution in [2.75, 3.05) is 24.2 Å². The van der Waals surface area contributed by atoms with Gasteiger partial charge in [-0.05, 0) is 26.2 Å². The van der Waals surface area contributed by atoms with Gasteiger partial charge in [-0.15, -0.1) is 0 Å². The van der Waals surface area contributed by atoms with Gasteiger partial charge in [0, 0.05) is 13.2 Å². The first-order chi connectivity index (χ1) is 8.54. The molecular weight excluding hydrogens is 232 g/mol. The van der Waals surface area contributed by atoms with Crippen molar-refractivity contribution in [3.05, 3.63) is 6.33 Å². The van der Waals surface area contributed by atoms with Crippen molar-refractivity contribution < 1.29 is 9.84 Å². The SMILES string of the molecule is CC(CCO)CNc1ncnc(OC(C)C)c1N. The van der Waals surface area contributed by atoms with E-state index in [1.54, 1.807) is 0 Å². The average Bonchev–Trinajstić information content (AvgIpc) is 2.30. The fraction of sp³-hybridized carbons (Fsp3) is 0.667. The van der Waals surface area contributed by atoms with E-state index in [0.717, 1.165) is 6.42 Å². The number of nitrogens with one attached hydrogen (secondary N) is 1. The van der Waals surface area contributed by atoms with Gasteiger partial charge in [-0.25, -0.2) is 4.98 Å². The maximum Gasteiger partial charge on any atom is 0.242 e. The molecule has 0 bridgehead atoms. The van der Waals surface area contributed by atoms with Crippen molar-refractivity contribution in [2.24, 2.45) is 5.92 Å². The number of ether oxygens (including phenoxy) is 1. The molecular formula is C12H22N4O2. The molecule has 1 unspecified atom stereocenters.